The highest BCUT2D eigenvalue weighted by molar-refractivity contribution is 7.16. The lowest BCUT2D eigenvalue weighted by Crippen LogP contribution is -2.23. The van der Waals surface area contributed by atoms with Gasteiger partial charge in [0.25, 0.3) is 5.91 Å². The summed E-state index contributed by atoms with van der Waals surface area (Å²) in [7, 11) is 0. The van der Waals surface area contributed by atoms with Gasteiger partial charge in [-0.1, -0.05) is 22.9 Å². The molecule has 0 spiro atoms. The first-order valence-corrected chi connectivity index (χ1v) is 9.78. The molecule has 1 aliphatic rings. The number of hydrogen-bond acceptors (Lipinski definition) is 6. The third-order valence-electron chi connectivity index (χ3n) is 4.13. The van der Waals surface area contributed by atoms with Gasteiger partial charge < -0.3 is 18.8 Å². The van der Waals surface area contributed by atoms with Gasteiger partial charge in [0.15, 0.2) is 16.3 Å². The van der Waals surface area contributed by atoms with Gasteiger partial charge in [0.2, 0.25) is 6.79 Å². The van der Waals surface area contributed by atoms with E-state index in [0.717, 1.165) is 16.8 Å². The number of ether oxygens (including phenoxy) is 3. The standard InChI is InChI=1S/C19H14ClFN2O5S/c1-2-26-17(24)8-23-13-6-14-15(28-9-27-14)7-16(13)29-19(23)22-18(25)11-4-3-10(21)5-12(11)20/h3-7H,2,8-9H2,1H3. The monoisotopic (exact) mass is 436 g/mol. The molecule has 10 heteroatoms. The Morgan fingerprint density at radius 1 is 1.28 bits per heavy atom. The molecular weight excluding hydrogens is 423 g/mol. The second-order valence-corrected chi connectivity index (χ2v) is 7.41. The van der Waals surface area contributed by atoms with Crippen LogP contribution < -0.4 is 14.3 Å². The first-order chi connectivity index (χ1) is 14.0. The molecule has 2 aromatic carbocycles. The number of amides is 1. The molecule has 0 N–H and O–H groups in total. The van der Waals surface area contributed by atoms with Gasteiger partial charge in [-0.2, -0.15) is 4.99 Å². The van der Waals surface area contributed by atoms with E-state index in [1.54, 1.807) is 23.6 Å². The predicted octanol–water partition coefficient (Wildman–Crippen LogP) is 3.53. The maximum Gasteiger partial charge on any atom is 0.326 e. The van der Waals surface area contributed by atoms with Crippen LogP contribution in [0.5, 0.6) is 11.5 Å². The Morgan fingerprint density at radius 2 is 2.03 bits per heavy atom. The van der Waals surface area contributed by atoms with Crippen LogP contribution in [0.4, 0.5) is 4.39 Å². The topological polar surface area (TPSA) is 79.1 Å². The van der Waals surface area contributed by atoms with Crippen molar-refractivity contribution in [3.8, 4) is 11.5 Å². The summed E-state index contributed by atoms with van der Waals surface area (Å²) in [6.07, 6.45) is 0. The third kappa shape index (κ3) is 3.83. The Hall–Kier alpha value is -2.91. The zero-order chi connectivity index (χ0) is 20.5. The first-order valence-electron chi connectivity index (χ1n) is 8.59. The van der Waals surface area contributed by atoms with Crippen molar-refractivity contribution >= 4 is 45.0 Å². The Kier molecular flexibility index (Phi) is 5.25. The van der Waals surface area contributed by atoms with Gasteiger partial charge in [0, 0.05) is 12.1 Å². The van der Waals surface area contributed by atoms with Gasteiger partial charge in [-0.3, -0.25) is 9.59 Å². The number of halogens is 2. The van der Waals surface area contributed by atoms with Gasteiger partial charge in [0.05, 0.1) is 27.4 Å². The molecular formula is C19H14ClFN2O5S. The van der Waals surface area contributed by atoms with Crippen molar-refractivity contribution in [3.05, 3.63) is 51.5 Å². The lowest BCUT2D eigenvalue weighted by Gasteiger charge is -2.06. The fourth-order valence-electron chi connectivity index (χ4n) is 2.84. The quantitative estimate of drug-likeness (QED) is 0.584. The van der Waals surface area contributed by atoms with E-state index in [1.807, 2.05) is 0 Å². The lowest BCUT2D eigenvalue weighted by molar-refractivity contribution is -0.143. The van der Waals surface area contributed by atoms with Gasteiger partial charge in [0.1, 0.15) is 12.4 Å². The number of nitrogens with zero attached hydrogens (tertiary/aromatic N) is 2. The Balaban J connectivity index is 1.84. The van der Waals surface area contributed by atoms with Crippen molar-refractivity contribution in [2.75, 3.05) is 13.4 Å². The number of esters is 1. The minimum atomic E-state index is -0.654. The van der Waals surface area contributed by atoms with E-state index in [4.69, 9.17) is 25.8 Å². The van der Waals surface area contributed by atoms with E-state index < -0.39 is 17.7 Å². The molecule has 4 rings (SSSR count). The van der Waals surface area contributed by atoms with Crippen LogP contribution in [0.2, 0.25) is 5.02 Å². The van der Waals surface area contributed by atoms with Gasteiger partial charge in [-0.05, 0) is 25.1 Å². The maximum atomic E-state index is 13.3. The number of rotatable bonds is 4. The van der Waals surface area contributed by atoms with E-state index in [1.165, 1.54) is 17.4 Å². The highest BCUT2D eigenvalue weighted by Gasteiger charge is 2.20. The lowest BCUT2D eigenvalue weighted by atomic mass is 10.2. The summed E-state index contributed by atoms with van der Waals surface area (Å²) in [6.45, 7) is 1.90. The summed E-state index contributed by atoms with van der Waals surface area (Å²) in [4.78, 5) is 29.1. The largest absolute Gasteiger partial charge is 0.465 e. The van der Waals surface area contributed by atoms with Gasteiger partial charge in [-0.15, -0.1) is 0 Å². The van der Waals surface area contributed by atoms with E-state index in [-0.39, 0.29) is 35.3 Å². The van der Waals surface area contributed by atoms with Crippen LogP contribution in [-0.4, -0.2) is 29.8 Å². The Labute approximate surface area is 172 Å². The van der Waals surface area contributed by atoms with Crippen molar-refractivity contribution in [1.29, 1.82) is 0 Å². The van der Waals surface area contributed by atoms with Crippen LogP contribution >= 0.6 is 22.9 Å². The summed E-state index contributed by atoms with van der Waals surface area (Å²) in [5, 5.41) is -0.0439. The third-order valence-corrected chi connectivity index (χ3v) is 5.48. The molecule has 0 aliphatic carbocycles. The van der Waals surface area contributed by atoms with Crippen LogP contribution in [0.25, 0.3) is 10.2 Å². The molecule has 2 heterocycles. The van der Waals surface area contributed by atoms with Crippen LogP contribution in [0.1, 0.15) is 17.3 Å². The molecule has 7 nitrogen and oxygen atoms in total. The normalized spacial score (nSPS) is 13.1. The zero-order valence-electron chi connectivity index (χ0n) is 15.1. The highest BCUT2D eigenvalue weighted by atomic mass is 35.5. The number of benzene rings is 2. The molecule has 150 valence electrons. The van der Waals surface area contributed by atoms with Crippen molar-refractivity contribution in [2.24, 2.45) is 4.99 Å². The molecule has 1 aromatic heterocycles. The number of hydrogen-bond donors (Lipinski definition) is 0. The average molecular weight is 437 g/mol. The smallest absolute Gasteiger partial charge is 0.326 e. The minimum Gasteiger partial charge on any atom is -0.465 e. The number of carbonyl (C=O) groups excluding carboxylic acids is 2. The second-order valence-electron chi connectivity index (χ2n) is 5.99. The Bertz CT molecular complexity index is 1200. The van der Waals surface area contributed by atoms with Crippen LogP contribution in [0.15, 0.2) is 35.3 Å². The minimum absolute atomic E-state index is 0.0439. The van der Waals surface area contributed by atoms with Crippen LogP contribution in [0, 0.1) is 5.82 Å². The maximum absolute atomic E-state index is 13.3. The fourth-order valence-corrected chi connectivity index (χ4v) is 4.13. The van der Waals surface area contributed by atoms with E-state index in [2.05, 4.69) is 4.99 Å². The molecule has 0 fully saturated rings. The number of aromatic nitrogens is 1. The first kappa shape index (κ1) is 19.4. The molecule has 0 bridgehead atoms. The SMILES string of the molecule is CCOC(=O)Cn1c(=NC(=O)c2ccc(F)cc2Cl)sc2cc3c(cc21)OCO3. The molecule has 29 heavy (non-hydrogen) atoms. The number of fused-ring (bicyclic) bond motifs is 2. The van der Waals surface area contributed by atoms with Crippen LogP contribution in [-0.2, 0) is 16.1 Å². The summed E-state index contributed by atoms with van der Waals surface area (Å²) in [6, 6.07) is 6.93. The number of thiazole rings is 1. The van der Waals surface area contributed by atoms with Crippen molar-refractivity contribution in [3.63, 3.8) is 0 Å². The van der Waals surface area contributed by atoms with E-state index >= 15 is 0 Å². The summed E-state index contributed by atoms with van der Waals surface area (Å²) in [5.41, 5.74) is 0.700. The second kappa shape index (κ2) is 7.84. The molecule has 0 atom stereocenters. The van der Waals surface area contributed by atoms with Crippen molar-refractivity contribution < 1.29 is 28.2 Å². The molecule has 0 saturated carbocycles. The molecule has 1 amide bonds. The van der Waals surface area contributed by atoms with Crippen molar-refractivity contribution in [2.45, 2.75) is 13.5 Å². The van der Waals surface area contributed by atoms with Crippen molar-refractivity contribution in [1.82, 2.24) is 4.57 Å². The summed E-state index contributed by atoms with van der Waals surface area (Å²) in [5.74, 6) is -0.577. The summed E-state index contributed by atoms with van der Waals surface area (Å²) < 4.78 is 31.4. The van der Waals surface area contributed by atoms with E-state index in [9.17, 15) is 14.0 Å². The zero-order valence-corrected chi connectivity index (χ0v) is 16.7. The molecule has 0 unspecified atom stereocenters. The van der Waals surface area contributed by atoms with Crippen LogP contribution in [0.3, 0.4) is 0 Å². The molecule has 3 aromatic rings. The number of carbonyl (C=O) groups is 2. The fraction of sp³-hybridized carbons (Fsp3) is 0.211. The predicted molar refractivity (Wildman–Crippen MR) is 104 cm³/mol. The highest BCUT2D eigenvalue weighted by Crippen LogP contribution is 2.37. The van der Waals surface area contributed by atoms with Gasteiger partial charge >= 0.3 is 5.97 Å². The average Bonchev–Trinajstić information content (AvgIpc) is 3.24. The van der Waals surface area contributed by atoms with E-state index in [0.29, 0.717) is 17.0 Å². The molecule has 0 saturated heterocycles. The molecule has 1 aliphatic heterocycles. The Morgan fingerprint density at radius 3 is 2.76 bits per heavy atom. The van der Waals surface area contributed by atoms with Gasteiger partial charge in [-0.25, -0.2) is 4.39 Å². The summed E-state index contributed by atoms with van der Waals surface area (Å²) >= 11 is 7.17. The molecule has 0 radical (unpaired) electrons.